The summed E-state index contributed by atoms with van der Waals surface area (Å²) in [4.78, 5) is 28.9. The minimum atomic E-state index is -0.708. The van der Waals surface area contributed by atoms with Crippen LogP contribution in [0.3, 0.4) is 0 Å². The topological polar surface area (TPSA) is 99.7 Å². The Morgan fingerprint density at radius 2 is 2.21 bits per heavy atom. The highest BCUT2D eigenvalue weighted by Gasteiger charge is 2.21. The highest BCUT2D eigenvalue weighted by atomic mass is 16.7. The SMILES string of the molecule is C=C(C(=O)On1cc([N+](=O)[O-])cn1)N1CCOCC1. The van der Waals surface area contributed by atoms with E-state index >= 15 is 0 Å². The van der Waals surface area contributed by atoms with Gasteiger partial charge in [0, 0.05) is 13.1 Å². The van der Waals surface area contributed by atoms with Crippen molar-refractivity contribution in [2.24, 2.45) is 0 Å². The molecule has 1 aromatic rings. The number of morpholine rings is 1. The molecule has 19 heavy (non-hydrogen) atoms. The largest absolute Gasteiger partial charge is 0.380 e. The predicted molar refractivity (Wildman–Crippen MR) is 62.0 cm³/mol. The Balaban J connectivity index is 1.95. The molecule has 1 aliphatic heterocycles. The fourth-order valence-corrected chi connectivity index (χ4v) is 1.54. The summed E-state index contributed by atoms with van der Waals surface area (Å²) >= 11 is 0. The number of aromatic nitrogens is 2. The van der Waals surface area contributed by atoms with Gasteiger partial charge in [0.15, 0.2) is 0 Å². The van der Waals surface area contributed by atoms with Gasteiger partial charge in [-0.25, -0.2) is 4.79 Å². The second kappa shape index (κ2) is 5.48. The van der Waals surface area contributed by atoms with Crippen molar-refractivity contribution in [3.63, 3.8) is 0 Å². The van der Waals surface area contributed by atoms with E-state index in [0.29, 0.717) is 26.3 Å². The van der Waals surface area contributed by atoms with Crippen LogP contribution in [0.25, 0.3) is 0 Å². The van der Waals surface area contributed by atoms with Crippen LogP contribution in [0.1, 0.15) is 0 Å². The summed E-state index contributed by atoms with van der Waals surface area (Å²) in [7, 11) is 0. The van der Waals surface area contributed by atoms with Gasteiger partial charge in [0.25, 0.3) is 0 Å². The van der Waals surface area contributed by atoms with Crippen molar-refractivity contribution in [3.8, 4) is 0 Å². The molecule has 0 saturated carbocycles. The zero-order valence-corrected chi connectivity index (χ0v) is 10.0. The molecule has 0 aliphatic carbocycles. The molecule has 9 heteroatoms. The Morgan fingerprint density at radius 3 is 2.79 bits per heavy atom. The number of hydrogen-bond acceptors (Lipinski definition) is 7. The van der Waals surface area contributed by atoms with Crippen molar-refractivity contribution in [3.05, 3.63) is 34.8 Å². The third-order valence-electron chi connectivity index (χ3n) is 2.56. The number of carbonyl (C=O) groups is 1. The molecule has 2 heterocycles. The van der Waals surface area contributed by atoms with Gasteiger partial charge in [-0.15, -0.1) is 5.10 Å². The number of carbonyl (C=O) groups excluding carboxylic acids is 1. The molecule has 0 N–H and O–H groups in total. The van der Waals surface area contributed by atoms with Crippen molar-refractivity contribution < 1.29 is 19.3 Å². The van der Waals surface area contributed by atoms with Crippen LogP contribution in [0.2, 0.25) is 0 Å². The lowest BCUT2D eigenvalue weighted by Crippen LogP contribution is -2.39. The van der Waals surface area contributed by atoms with E-state index in [4.69, 9.17) is 9.57 Å². The molecule has 0 atom stereocenters. The number of rotatable bonds is 4. The molecule has 0 bridgehead atoms. The van der Waals surface area contributed by atoms with Crippen molar-refractivity contribution in [2.45, 2.75) is 0 Å². The lowest BCUT2D eigenvalue weighted by molar-refractivity contribution is -0.385. The van der Waals surface area contributed by atoms with Crippen LogP contribution < -0.4 is 4.84 Å². The first-order valence-corrected chi connectivity index (χ1v) is 5.51. The van der Waals surface area contributed by atoms with Crippen LogP contribution in [0.5, 0.6) is 0 Å². The van der Waals surface area contributed by atoms with Crippen molar-refractivity contribution in [1.82, 2.24) is 14.8 Å². The molecule has 0 spiro atoms. The zero-order valence-electron chi connectivity index (χ0n) is 10.0. The fraction of sp³-hybridized carbons (Fsp3) is 0.400. The van der Waals surface area contributed by atoms with Gasteiger partial charge in [0.2, 0.25) is 0 Å². The van der Waals surface area contributed by atoms with Gasteiger partial charge in [-0.1, -0.05) is 11.4 Å². The van der Waals surface area contributed by atoms with Gasteiger partial charge in [-0.3, -0.25) is 10.1 Å². The van der Waals surface area contributed by atoms with Gasteiger partial charge < -0.3 is 14.5 Å². The Labute approximate surface area is 108 Å². The van der Waals surface area contributed by atoms with Crippen LogP contribution in [0.4, 0.5) is 5.69 Å². The molecule has 1 aromatic heterocycles. The molecule has 1 aliphatic rings. The Morgan fingerprint density at radius 1 is 1.53 bits per heavy atom. The summed E-state index contributed by atoms with van der Waals surface area (Å²) in [5.41, 5.74) is -0.0914. The van der Waals surface area contributed by atoms with Gasteiger partial charge in [-0.05, 0) is 0 Å². The Hall–Kier alpha value is -2.42. The molecule has 0 aromatic carbocycles. The molecule has 1 saturated heterocycles. The van der Waals surface area contributed by atoms with E-state index < -0.39 is 10.9 Å². The molecule has 0 unspecified atom stereocenters. The normalized spacial score (nSPS) is 15.1. The smallest absolute Gasteiger partial charge is 0.378 e. The number of ether oxygens (including phenoxy) is 1. The van der Waals surface area contributed by atoms with E-state index in [1.54, 1.807) is 4.90 Å². The molecule has 0 radical (unpaired) electrons. The van der Waals surface area contributed by atoms with Gasteiger partial charge in [0.05, 0.1) is 18.1 Å². The third kappa shape index (κ3) is 3.07. The highest BCUT2D eigenvalue weighted by Crippen LogP contribution is 2.09. The monoisotopic (exact) mass is 268 g/mol. The number of hydrogen-bond donors (Lipinski definition) is 0. The summed E-state index contributed by atoms with van der Waals surface area (Å²) in [6.07, 6.45) is 2.00. The third-order valence-corrected chi connectivity index (χ3v) is 2.56. The quantitative estimate of drug-likeness (QED) is 0.416. The molecule has 102 valence electrons. The van der Waals surface area contributed by atoms with Crippen molar-refractivity contribution in [2.75, 3.05) is 26.3 Å². The minimum Gasteiger partial charge on any atom is -0.378 e. The molecule has 1 fully saturated rings. The maximum Gasteiger partial charge on any atom is 0.380 e. The van der Waals surface area contributed by atoms with Crippen LogP contribution in [-0.2, 0) is 9.53 Å². The highest BCUT2D eigenvalue weighted by molar-refractivity contribution is 5.87. The lowest BCUT2D eigenvalue weighted by atomic mass is 10.3. The van der Waals surface area contributed by atoms with Crippen LogP contribution in [0.15, 0.2) is 24.7 Å². The first-order chi connectivity index (χ1) is 9.08. The summed E-state index contributed by atoms with van der Waals surface area (Å²) < 4.78 is 5.15. The Bertz CT molecular complexity index is 506. The van der Waals surface area contributed by atoms with E-state index in [1.165, 1.54) is 0 Å². The maximum absolute atomic E-state index is 11.8. The van der Waals surface area contributed by atoms with E-state index in [9.17, 15) is 14.9 Å². The van der Waals surface area contributed by atoms with Gasteiger partial charge >= 0.3 is 11.7 Å². The average Bonchev–Trinajstić information content (AvgIpc) is 2.87. The maximum atomic E-state index is 11.8. The van der Waals surface area contributed by atoms with Crippen LogP contribution >= 0.6 is 0 Å². The van der Waals surface area contributed by atoms with Crippen LogP contribution in [-0.4, -0.2) is 52.0 Å². The summed E-state index contributed by atoms with van der Waals surface area (Å²) in [6, 6.07) is 0. The first kappa shape index (κ1) is 13.0. The standard InChI is InChI=1S/C10H12N4O5/c1-8(12-2-4-18-5-3-12)10(15)19-13-7-9(6-11-13)14(16)17/h6-7H,1-5H2. The van der Waals surface area contributed by atoms with Crippen LogP contribution in [0, 0.1) is 10.1 Å². The molecule has 2 rings (SSSR count). The Kier molecular flexibility index (Phi) is 3.76. The molecular weight excluding hydrogens is 256 g/mol. The molecule has 9 nitrogen and oxygen atoms in total. The molecular formula is C10H12N4O5. The predicted octanol–water partition coefficient (Wildman–Crippen LogP) is -0.408. The fourth-order valence-electron chi connectivity index (χ4n) is 1.54. The zero-order chi connectivity index (χ0) is 13.8. The second-order valence-electron chi connectivity index (χ2n) is 3.78. The van der Waals surface area contributed by atoms with E-state index in [1.807, 2.05) is 0 Å². The lowest BCUT2D eigenvalue weighted by Gasteiger charge is -2.28. The van der Waals surface area contributed by atoms with Gasteiger partial charge in [-0.2, -0.15) is 0 Å². The summed E-state index contributed by atoms with van der Waals surface area (Å²) in [6.45, 7) is 5.76. The number of nitrogens with zero attached hydrogens (tertiary/aromatic N) is 4. The van der Waals surface area contributed by atoms with E-state index in [0.717, 1.165) is 17.2 Å². The second-order valence-corrected chi connectivity index (χ2v) is 3.78. The summed E-state index contributed by atoms with van der Waals surface area (Å²) in [5, 5.41) is 14.0. The van der Waals surface area contributed by atoms with Crippen molar-refractivity contribution >= 4 is 11.7 Å². The van der Waals surface area contributed by atoms with E-state index in [-0.39, 0.29) is 11.4 Å². The minimum absolute atomic E-state index is 0.168. The number of nitro groups is 1. The van der Waals surface area contributed by atoms with Gasteiger partial charge in [0.1, 0.15) is 18.1 Å². The molecule has 0 amide bonds. The first-order valence-electron chi connectivity index (χ1n) is 5.51. The van der Waals surface area contributed by atoms with E-state index in [2.05, 4.69) is 11.7 Å². The average molecular weight is 268 g/mol. The van der Waals surface area contributed by atoms with Crippen molar-refractivity contribution in [1.29, 1.82) is 0 Å². The summed E-state index contributed by atoms with van der Waals surface area (Å²) in [5.74, 6) is -0.708.